The molecule has 0 amide bonds. The molecule has 0 N–H and O–H groups in total. The lowest BCUT2D eigenvalue weighted by molar-refractivity contribution is 1.18. The maximum Gasteiger partial charge on any atom is 0.0547 e. The van der Waals surface area contributed by atoms with Crippen LogP contribution in [0.2, 0.25) is 0 Å². The van der Waals surface area contributed by atoms with Crippen molar-refractivity contribution in [2.45, 2.75) is 0 Å². The van der Waals surface area contributed by atoms with Gasteiger partial charge in [-0.05, 0) is 121 Å². The van der Waals surface area contributed by atoms with Crippen LogP contribution in [-0.4, -0.2) is 4.57 Å². The molecule has 0 atom stereocenters. The van der Waals surface area contributed by atoms with Crippen molar-refractivity contribution in [1.29, 1.82) is 0 Å². The number of hydrogen-bond donors (Lipinski definition) is 0. The molecule has 11 aromatic carbocycles. The summed E-state index contributed by atoms with van der Waals surface area (Å²) in [6.07, 6.45) is 0. The second-order valence-electron chi connectivity index (χ2n) is 16.5. The third-order valence-electron chi connectivity index (χ3n) is 12.8. The summed E-state index contributed by atoms with van der Waals surface area (Å²) >= 11 is 0. The number of nitrogens with zero attached hydrogens (tertiary/aromatic N) is 2. The Morgan fingerprint density at radius 3 is 1.69 bits per heavy atom. The van der Waals surface area contributed by atoms with Crippen LogP contribution < -0.4 is 4.90 Å². The molecule has 1 aromatic heterocycles. The number of hydrogen-bond acceptors (Lipinski definition) is 1. The molecule has 0 aliphatic heterocycles. The zero-order valence-electron chi connectivity index (χ0n) is 35.1. The molecule has 12 aromatic rings. The van der Waals surface area contributed by atoms with Crippen molar-refractivity contribution >= 4 is 60.4 Å². The molecule has 0 aliphatic rings. The molecule has 1 heterocycles. The standard InChI is InChI=1S/C62H42N2/c1-2-16-43(17-3-1)48-22-13-25-52(41-48)63(51-37-34-44(35-38-51)47-21-12-23-49(40-47)55-31-15-20-45-18-4-6-27-54(45)55)59-32-10-8-28-56(59)50-24-14-26-53(42-50)64-60-33-11-9-30-58(60)62-57-29-7-5-19-46(57)36-39-61(62)64/h1-42H. The number of aromatic nitrogens is 1. The smallest absolute Gasteiger partial charge is 0.0547 e. The molecule has 0 aliphatic carbocycles. The minimum Gasteiger partial charge on any atom is -0.310 e. The van der Waals surface area contributed by atoms with Crippen molar-refractivity contribution in [3.8, 4) is 50.2 Å². The summed E-state index contributed by atoms with van der Waals surface area (Å²) in [7, 11) is 0. The van der Waals surface area contributed by atoms with E-state index in [1.165, 1.54) is 76.7 Å². The number of rotatable bonds is 8. The Morgan fingerprint density at radius 1 is 0.281 bits per heavy atom. The highest BCUT2D eigenvalue weighted by atomic mass is 15.1. The number of para-hydroxylation sites is 2. The lowest BCUT2D eigenvalue weighted by Crippen LogP contribution is -2.11. The molecular formula is C62H42N2. The van der Waals surface area contributed by atoms with Gasteiger partial charge in [0, 0.05) is 33.4 Å². The van der Waals surface area contributed by atoms with Gasteiger partial charge < -0.3 is 9.47 Å². The Balaban J connectivity index is 0.988. The van der Waals surface area contributed by atoms with E-state index in [4.69, 9.17) is 0 Å². The van der Waals surface area contributed by atoms with Gasteiger partial charge in [-0.3, -0.25) is 0 Å². The normalized spacial score (nSPS) is 11.4. The van der Waals surface area contributed by atoms with Gasteiger partial charge >= 0.3 is 0 Å². The van der Waals surface area contributed by atoms with Gasteiger partial charge in [-0.15, -0.1) is 0 Å². The first-order valence-electron chi connectivity index (χ1n) is 22.0. The van der Waals surface area contributed by atoms with Crippen molar-refractivity contribution in [1.82, 2.24) is 4.57 Å². The summed E-state index contributed by atoms with van der Waals surface area (Å²) in [5.74, 6) is 0. The SMILES string of the molecule is c1ccc(-c2cccc(N(c3ccc(-c4cccc(-c5cccc6ccccc56)c4)cc3)c3ccccc3-c3cccc(-n4c5ccccc5c5c6ccccc6ccc54)c3)c2)cc1. The zero-order chi connectivity index (χ0) is 42.4. The Labute approximate surface area is 373 Å². The average molecular weight is 815 g/mol. The topological polar surface area (TPSA) is 8.17 Å². The van der Waals surface area contributed by atoms with E-state index in [0.717, 1.165) is 33.9 Å². The second-order valence-corrected chi connectivity index (χ2v) is 16.5. The van der Waals surface area contributed by atoms with Gasteiger partial charge in [0.1, 0.15) is 0 Å². The van der Waals surface area contributed by atoms with E-state index in [9.17, 15) is 0 Å². The zero-order valence-corrected chi connectivity index (χ0v) is 35.1. The molecule has 0 unspecified atom stereocenters. The van der Waals surface area contributed by atoms with E-state index >= 15 is 0 Å². The number of anilines is 3. The quantitative estimate of drug-likeness (QED) is 0.148. The maximum absolute atomic E-state index is 2.43. The fraction of sp³-hybridized carbons (Fsp3) is 0. The molecular weight excluding hydrogens is 773 g/mol. The van der Waals surface area contributed by atoms with Crippen molar-refractivity contribution in [3.63, 3.8) is 0 Å². The fourth-order valence-corrected chi connectivity index (χ4v) is 9.77. The monoisotopic (exact) mass is 814 g/mol. The lowest BCUT2D eigenvalue weighted by atomic mass is 9.95. The Morgan fingerprint density at radius 2 is 0.844 bits per heavy atom. The van der Waals surface area contributed by atoms with Crippen LogP contribution in [0.15, 0.2) is 255 Å². The van der Waals surface area contributed by atoms with E-state index in [1.54, 1.807) is 0 Å². The third kappa shape index (κ3) is 6.52. The van der Waals surface area contributed by atoms with E-state index in [0.29, 0.717) is 0 Å². The maximum atomic E-state index is 2.43. The van der Waals surface area contributed by atoms with Gasteiger partial charge in [-0.25, -0.2) is 0 Å². The molecule has 0 bridgehead atoms. The largest absolute Gasteiger partial charge is 0.310 e. The summed E-state index contributed by atoms with van der Waals surface area (Å²) < 4.78 is 2.43. The van der Waals surface area contributed by atoms with Gasteiger partial charge in [-0.2, -0.15) is 0 Å². The highest BCUT2D eigenvalue weighted by Gasteiger charge is 2.20. The van der Waals surface area contributed by atoms with Crippen LogP contribution in [-0.2, 0) is 0 Å². The minimum atomic E-state index is 1.08. The van der Waals surface area contributed by atoms with Gasteiger partial charge in [0.2, 0.25) is 0 Å². The van der Waals surface area contributed by atoms with Gasteiger partial charge in [-0.1, -0.05) is 194 Å². The molecule has 12 rings (SSSR count). The van der Waals surface area contributed by atoms with Crippen LogP contribution >= 0.6 is 0 Å². The third-order valence-corrected chi connectivity index (χ3v) is 12.8. The minimum absolute atomic E-state index is 1.08. The molecule has 64 heavy (non-hydrogen) atoms. The van der Waals surface area contributed by atoms with E-state index in [2.05, 4.69) is 264 Å². The fourth-order valence-electron chi connectivity index (χ4n) is 9.77. The highest BCUT2D eigenvalue weighted by molar-refractivity contribution is 6.21. The predicted molar refractivity (Wildman–Crippen MR) is 272 cm³/mol. The van der Waals surface area contributed by atoms with Crippen molar-refractivity contribution in [2.75, 3.05) is 4.90 Å². The molecule has 2 nitrogen and oxygen atoms in total. The first-order chi connectivity index (χ1) is 31.7. The van der Waals surface area contributed by atoms with Gasteiger partial charge in [0.15, 0.2) is 0 Å². The molecule has 0 spiro atoms. The molecule has 2 heteroatoms. The Hall–Kier alpha value is -8.46. The first-order valence-corrected chi connectivity index (χ1v) is 22.0. The van der Waals surface area contributed by atoms with Crippen molar-refractivity contribution < 1.29 is 0 Å². The van der Waals surface area contributed by atoms with Crippen molar-refractivity contribution in [3.05, 3.63) is 255 Å². The molecule has 0 fully saturated rings. The van der Waals surface area contributed by atoms with Crippen LogP contribution in [0.1, 0.15) is 0 Å². The summed E-state index contributed by atoms with van der Waals surface area (Å²) in [6.45, 7) is 0. The lowest BCUT2D eigenvalue weighted by Gasteiger charge is -2.28. The molecule has 300 valence electrons. The summed E-state index contributed by atoms with van der Waals surface area (Å²) in [6, 6.07) is 92.7. The highest BCUT2D eigenvalue weighted by Crippen LogP contribution is 2.44. The summed E-state index contributed by atoms with van der Waals surface area (Å²) in [5.41, 5.74) is 16.2. The molecule has 0 saturated carbocycles. The van der Waals surface area contributed by atoms with Crippen LogP contribution in [0, 0.1) is 0 Å². The van der Waals surface area contributed by atoms with E-state index in [1.807, 2.05) is 0 Å². The van der Waals surface area contributed by atoms with Gasteiger partial charge in [0.25, 0.3) is 0 Å². The summed E-state index contributed by atoms with van der Waals surface area (Å²) in [5, 5.41) is 7.58. The van der Waals surface area contributed by atoms with Gasteiger partial charge in [0.05, 0.1) is 16.7 Å². The Kier molecular flexibility index (Phi) is 9.20. The van der Waals surface area contributed by atoms with E-state index < -0.39 is 0 Å². The number of fused-ring (bicyclic) bond motifs is 6. The van der Waals surface area contributed by atoms with Crippen LogP contribution in [0.4, 0.5) is 17.1 Å². The second kappa shape index (κ2) is 15.8. The van der Waals surface area contributed by atoms with Crippen molar-refractivity contribution in [2.24, 2.45) is 0 Å². The molecule has 0 radical (unpaired) electrons. The molecule has 0 saturated heterocycles. The summed E-state index contributed by atoms with van der Waals surface area (Å²) in [4.78, 5) is 2.41. The van der Waals surface area contributed by atoms with Crippen LogP contribution in [0.5, 0.6) is 0 Å². The Bertz CT molecular complexity index is 3670. The first kappa shape index (κ1) is 37.3. The van der Waals surface area contributed by atoms with Crippen LogP contribution in [0.3, 0.4) is 0 Å². The van der Waals surface area contributed by atoms with Crippen LogP contribution in [0.25, 0.3) is 93.5 Å². The number of benzene rings is 11. The average Bonchev–Trinajstić information content (AvgIpc) is 3.72. The van der Waals surface area contributed by atoms with E-state index in [-0.39, 0.29) is 0 Å². The predicted octanol–water partition coefficient (Wildman–Crippen LogP) is 17.2.